The van der Waals surface area contributed by atoms with Crippen LogP contribution in [-0.2, 0) is 19.1 Å². The van der Waals surface area contributed by atoms with Gasteiger partial charge in [-0.3, -0.25) is 14.9 Å². The fourth-order valence-electron chi connectivity index (χ4n) is 2.66. The van der Waals surface area contributed by atoms with Crippen LogP contribution in [0.25, 0.3) is 0 Å². The van der Waals surface area contributed by atoms with Crippen molar-refractivity contribution in [3.05, 3.63) is 24.2 Å². The van der Waals surface area contributed by atoms with E-state index in [4.69, 9.17) is 13.9 Å². The molecule has 1 aromatic heterocycles. The van der Waals surface area contributed by atoms with Gasteiger partial charge in [0.1, 0.15) is 11.8 Å². The molecule has 23 heavy (non-hydrogen) atoms. The van der Waals surface area contributed by atoms with Gasteiger partial charge in [-0.2, -0.15) is 0 Å². The van der Waals surface area contributed by atoms with Crippen molar-refractivity contribution in [1.29, 1.82) is 0 Å². The van der Waals surface area contributed by atoms with Crippen LogP contribution in [0.3, 0.4) is 0 Å². The summed E-state index contributed by atoms with van der Waals surface area (Å²) in [5, 5.41) is 2.71. The summed E-state index contributed by atoms with van der Waals surface area (Å²) in [6.07, 6.45) is 1.49. The zero-order valence-corrected chi connectivity index (χ0v) is 12.9. The maximum Gasteiger partial charge on any atom is 0.321 e. The van der Waals surface area contributed by atoms with Gasteiger partial charge in [-0.25, -0.2) is 4.99 Å². The second-order valence-corrected chi connectivity index (χ2v) is 5.23. The van der Waals surface area contributed by atoms with Crippen molar-refractivity contribution in [2.24, 2.45) is 10.9 Å². The minimum Gasteiger partial charge on any atom is -0.467 e. The average molecular weight is 321 g/mol. The number of amides is 1. The van der Waals surface area contributed by atoms with Crippen molar-refractivity contribution in [2.75, 3.05) is 32.9 Å². The van der Waals surface area contributed by atoms with Gasteiger partial charge in [0.25, 0.3) is 0 Å². The molecule has 0 spiro atoms. The van der Waals surface area contributed by atoms with Gasteiger partial charge in [0.15, 0.2) is 5.92 Å². The van der Waals surface area contributed by atoms with Gasteiger partial charge >= 0.3 is 5.97 Å². The van der Waals surface area contributed by atoms with Gasteiger partial charge in [-0.15, -0.1) is 0 Å². The van der Waals surface area contributed by atoms with E-state index in [0.717, 1.165) is 0 Å². The van der Waals surface area contributed by atoms with Gasteiger partial charge in [-0.05, 0) is 19.1 Å². The third-order valence-corrected chi connectivity index (χ3v) is 3.78. The van der Waals surface area contributed by atoms with Crippen LogP contribution < -0.4 is 5.32 Å². The minimum absolute atomic E-state index is 0.202. The Morgan fingerprint density at radius 3 is 2.91 bits per heavy atom. The predicted molar refractivity (Wildman–Crippen MR) is 79.5 cm³/mol. The Labute approximate surface area is 133 Å². The molecule has 0 bridgehead atoms. The number of carbonyl (C=O) groups excluding carboxylic acids is 2. The molecule has 1 N–H and O–H groups in total. The van der Waals surface area contributed by atoms with E-state index in [9.17, 15) is 9.59 Å². The fourth-order valence-corrected chi connectivity index (χ4v) is 2.66. The highest BCUT2D eigenvalue weighted by Crippen LogP contribution is 2.31. The SMILES string of the molecule is CCOC(=O)[C@H]1C(=O)NC(N2CCOCC2)=N[C@@H]1c1ccco1. The fraction of sp³-hybridized carbons (Fsp3) is 0.533. The van der Waals surface area contributed by atoms with Crippen LogP contribution in [0.4, 0.5) is 0 Å². The number of esters is 1. The Balaban J connectivity index is 1.91. The van der Waals surface area contributed by atoms with Gasteiger partial charge in [0.2, 0.25) is 11.9 Å². The number of hydrogen-bond acceptors (Lipinski definition) is 7. The molecule has 2 aliphatic rings. The molecule has 2 atom stereocenters. The molecule has 3 rings (SSSR count). The standard InChI is InChI=1S/C15H19N3O5/c1-2-22-14(20)11-12(10-4-3-7-23-10)16-15(17-13(11)19)18-5-8-21-9-6-18/h3-4,7,11-12H,2,5-6,8-9H2,1H3,(H,16,17,19)/t11-,12-/m1/s1. The Morgan fingerprint density at radius 2 is 2.26 bits per heavy atom. The number of nitrogens with one attached hydrogen (secondary N) is 1. The number of ether oxygens (including phenoxy) is 2. The predicted octanol–water partition coefficient (Wildman–Crippen LogP) is 0.318. The number of hydrogen-bond donors (Lipinski definition) is 1. The summed E-state index contributed by atoms with van der Waals surface area (Å²) in [5.41, 5.74) is 0. The van der Waals surface area contributed by atoms with E-state index in [0.29, 0.717) is 38.0 Å². The lowest BCUT2D eigenvalue weighted by Crippen LogP contribution is -2.55. The topological polar surface area (TPSA) is 93.4 Å². The minimum atomic E-state index is -1.05. The molecule has 0 saturated carbocycles. The first-order valence-electron chi connectivity index (χ1n) is 7.62. The first-order valence-corrected chi connectivity index (χ1v) is 7.62. The molecular weight excluding hydrogens is 302 g/mol. The molecule has 0 aliphatic carbocycles. The van der Waals surface area contributed by atoms with Crippen molar-refractivity contribution >= 4 is 17.8 Å². The lowest BCUT2D eigenvalue weighted by molar-refractivity contribution is -0.153. The molecule has 0 unspecified atom stereocenters. The van der Waals surface area contributed by atoms with E-state index in [-0.39, 0.29) is 6.61 Å². The first-order chi connectivity index (χ1) is 11.2. The van der Waals surface area contributed by atoms with E-state index < -0.39 is 23.8 Å². The van der Waals surface area contributed by atoms with Gasteiger partial charge < -0.3 is 18.8 Å². The molecule has 3 heterocycles. The molecular formula is C15H19N3O5. The lowest BCUT2D eigenvalue weighted by atomic mass is 9.95. The summed E-state index contributed by atoms with van der Waals surface area (Å²) in [6, 6.07) is 2.68. The maximum atomic E-state index is 12.5. The van der Waals surface area contributed by atoms with E-state index in [1.54, 1.807) is 19.1 Å². The smallest absolute Gasteiger partial charge is 0.321 e. The van der Waals surface area contributed by atoms with Crippen molar-refractivity contribution in [2.45, 2.75) is 13.0 Å². The second-order valence-electron chi connectivity index (χ2n) is 5.23. The van der Waals surface area contributed by atoms with Crippen molar-refractivity contribution < 1.29 is 23.5 Å². The molecule has 0 radical (unpaired) electrons. The van der Waals surface area contributed by atoms with Gasteiger partial charge in [-0.1, -0.05) is 0 Å². The third kappa shape index (κ3) is 3.21. The van der Waals surface area contributed by atoms with E-state index in [2.05, 4.69) is 10.3 Å². The number of aliphatic imine (C=N–C) groups is 1. The molecule has 0 aromatic carbocycles. The molecule has 124 valence electrons. The Bertz CT molecular complexity index is 592. The molecule has 1 aromatic rings. The maximum absolute atomic E-state index is 12.5. The van der Waals surface area contributed by atoms with Crippen LogP contribution in [0, 0.1) is 5.92 Å². The number of rotatable bonds is 3. The normalized spacial score (nSPS) is 24.8. The molecule has 1 fully saturated rings. The second kappa shape index (κ2) is 6.82. The number of carbonyl (C=O) groups is 2. The molecule has 8 heteroatoms. The Hall–Kier alpha value is -2.35. The zero-order valence-electron chi connectivity index (χ0n) is 12.9. The number of morpholine rings is 1. The number of furan rings is 1. The molecule has 8 nitrogen and oxygen atoms in total. The summed E-state index contributed by atoms with van der Waals surface area (Å²) in [4.78, 5) is 31.1. The van der Waals surface area contributed by atoms with Crippen LogP contribution in [0.15, 0.2) is 27.8 Å². The Morgan fingerprint density at radius 1 is 1.48 bits per heavy atom. The summed E-state index contributed by atoms with van der Waals surface area (Å²) < 4.78 is 15.7. The van der Waals surface area contributed by atoms with Gasteiger partial charge in [0.05, 0.1) is 26.1 Å². The van der Waals surface area contributed by atoms with Crippen LogP contribution in [-0.4, -0.2) is 55.6 Å². The third-order valence-electron chi connectivity index (χ3n) is 3.78. The van der Waals surface area contributed by atoms with E-state index in [1.165, 1.54) is 6.26 Å². The van der Waals surface area contributed by atoms with Crippen LogP contribution in [0.2, 0.25) is 0 Å². The zero-order chi connectivity index (χ0) is 16.2. The average Bonchev–Trinajstić information content (AvgIpc) is 3.09. The highest BCUT2D eigenvalue weighted by molar-refractivity contribution is 6.08. The molecule has 1 amide bonds. The van der Waals surface area contributed by atoms with Crippen molar-refractivity contribution in [3.63, 3.8) is 0 Å². The van der Waals surface area contributed by atoms with Crippen LogP contribution in [0.5, 0.6) is 0 Å². The summed E-state index contributed by atoms with van der Waals surface area (Å²) in [6.45, 7) is 4.31. The largest absolute Gasteiger partial charge is 0.467 e. The lowest BCUT2D eigenvalue weighted by Gasteiger charge is -2.34. The van der Waals surface area contributed by atoms with Crippen molar-refractivity contribution in [1.82, 2.24) is 10.2 Å². The van der Waals surface area contributed by atoms with Crippen LogP contribution in [0.1, 0.15) is 18.7 Å². The quantitative estimate of drug-likeness (QED) is 0.636. The highest BCUT2D eigenvalue weighted by Gasteiger charge is 2.43. The van der Waals surface area contributed by atoms with Crippen molar-refractivity contribution in [3.8, 4) is 0 Å². The monoisotopic (exact) mass is 321 g/mol. The van der Waals surface area contributed by atoms with E-state index >= 15 is 0 Å². The molecule has 2 aliphatic heterocycles. The summed E-state index contributed by atoms with van der Waals surface area (Å²) >= 11 is 0. The number of nitrogens with zero attached hydrogens (tertiary/aromatic N) is 2. The van der Waals surface area contributed by atoms with E-state index in [1.807, 2.05) is 4.90 Å². The molecule has 1 saturated heterocycles. The number of guanidine groups is 1. The summed E-state index contributed by atoms with van der Waals surface area (Å²) in [5.74, 6) is -1.17. The van der Waals surface area contributed by atoms with Crippen LogP contribution >= 0.6 is 0 Å². The highest BCUT2D eigenvalue weighted by atomic mass is 16.5. The Kier molecular flexibility index (Phi) is 4.61. The van der Waals surface area contributed by atoms with Gasteiger partial charge in [0, 0.05) is 13.1 Å². The summed E-state index contributed by atoms with van der Waals surface area (Å²) in [7, 11) is 0. The first kappa shape index (κ1) is 15.5.